The van der Waals surface area contributed by atoms with Crippen LogP contribution >= 0.6 is 0 Å². The summed E-state index contributed by atoms with van der Waals surface area (Å²) in [6.45, 7) is 1.62. The molecule has 5 heteroatoms. The number of rotatable bonds is 8. The van der Waals surface area contributed by atoms with Crippen LogP contribution in [0.3, 0.4) is 0 Å². The van der Waals surface area contributed by atoms with Gasteiger partial charge in [0.2, 0.25) is 0 Å². The standard InChI is InChI=1S/C16H23F2NO2/c17-13-9-12(10-14(18)11-13)16(21)5-7-19(6-2-8-20)15-3-1-4-15/h9-11,15-16,20-21H,1-8H2. The number of hydrogen-bond donors (Lipinski definition) is 2. The van der Waals surface area contributed by atoms with Crippen molar-refractivity contribution in [3.8, 4) is 0 Å². The van der Waals surface area contributed by atoms with Gasteiger partial charge in [-0.05, 0) is 43.4 Å². The Balaban J connectivity index is 1.89. The summed E-state index contributed by atoms with van der Waals surface area (Å²) in [7, 11) is 0. The number of aliphatic hydroxyl groups excluding tert-OH is 2. The topological polar surface area (TPSA) is 43.7 Å². The van der Waals surface area contributed by atoms with E-state index in [0.717, 1.165) is 25.5 Å². The molecule has 2 N–H and O–H groups in total. The molecule has 0 bridgehead atoms. The minimum Gasteiger partial charge on any atom is -0.396 e. The van der Waals surface area contributed by atoms with E-state index in [-0.39, 0.29) is 12.2 Å². The molecule has 2 rings (SSSR count). The minimum atomic E-state index is -0.869. The first-order valence-corrected chi connectivity index (χ1v) is 7.59. The van der Waals surface area contributed by atoms with Crippen LogP contribution in [0, 0.1) is 11.6 Å². The molecule has 0 amide bonds. The van der Waals surface area contributed by atoms with Gasteiger partial charge in [0, 0.05) is 31.8 Å². The van der Waals surface area contributed by atoms with E-state index in [0.29, 0.717) is 25.4 Å². The Kier molecular flexibility index (Phi) is 6.08. The van der Waals surface area contributed by atoms with Gasteiger partial charge < -0.3 is 15.1 Å². The molecule has 0 saturated heterocycles. The van der Waals surface area contributed by atoms with Gasteiger partial charge in [-0.15, -0.1) is 0 Å². The van der Waals surface area contributed by atoms with Gasteiger partial charge in [0.25, 0.3) is 0 Å². The Morgan fingerprint density at radius 1 is 1.14 bits per heavy atom. The van der Waals surface area contributed by atoms with E-state index >= 15 is 0 Å². The number of benzene rings is 1. The van der Waals surface area contributed by atoms with Crippen molar-refractivity contribution >= 4 is 0 Å². The van der Waals surface area contributed by atoms with Crippen LogP contribution in [0.1, 0.15) is 43.8 Å². The van der Waals surface area contributed by atoms with E-state index in [9.17, 15) is 13.9 Å². The average Bonchev–Trinajstić information content (AvgIpc) is 2.38. The van der Waals surface area contributed by atoms with E-state index in [4.69, 9.17) is 5.11 Å². The molecule has 0 radical (unpaired) electrons. The summed E-state index contributed by atoms with van der Waals surface area (Å²) >= 11 is 0. The largest absolute Gasteiger partial charge is 0.396 e. The Bertz CT molecular complexity index is 432. The number of aliphatic hydroxyl groups is 2. The zero-order chi connectivity index (χ0) is 15.2. The van der Waals surface area contributed by atoms with Crippen molar-refractivity contribution < 1.29 is 19.0 Å². The van der Waals surface area contributed by atoms with Gasteiger partial charge in [0.1, 0.15) is 11.6 Å². The van der Waals surface area contributed by atoms with Gasteiger partial charge in [-0.3, -0.25) is 0 Å². The third kappa shape index (κ3) is 4.73. The van der Waals surface area contributed by atoms with Crippen LogP contribution in [0.15, 0.2) is 18.2 Å². The third-order valence-corrected chi connectivity index (χ3v) is 4.15. The lowest BCUT2D eigenvalue weighted by Crippen LogP contribution is -2.41. The van der Waals surface area contributed by atoms with Gasteiger partial charge in [-0.25, -0.2) is 8.78 Å². The highest BCUT2D eigenvalue weighted by molar-refractivity contribution is 5.20. The molecule has 1 aliphatic carbocycles. The number of hydrogen-bond acceptors (Lipinski definition) is 3. The summed E-state index contributed by atoms with van der Waals surface area (Å²) in [5.41, 5.74) is 0.281. The Hall–Kier alpha value is -1.04. The van der Waals surface area contributed by atoms with Gasteiger partial charge in [0.05, 0.1) is 6.10 Å². The molecule has 118 valence electrons. The summed E-state index contributed by atoms with van der Waals surface area (Å²) in [5.74, 6) is -1.33. The molecule has 1 fully saturated rings. The van der Waals surface area contributed by atoms with Gasteiger partial charge in [-0.2, -0.15) is 0 Å². The summed E-state index contributed by atoms with van der Waals surface area (Å²) in [4.78, 5) is 2.26. The monoisotopic (exact) mass is 299 g/mol. The van der Waals surface area contributed by atoms with Crippen LogP contribution in [0.25, 0.3) is 0 Å². The lowest BCUT2D eigenvalue weighted by atomic mass is 9.91. The van der Waals surface area contributed by atoms with Crippen molar-refractivity contribution in [2.24, 2.45) is 0 Å². The average molecular weight is 299 g/mol. The van der Waals surface area contributed by atoms with E-state index in [2.05, 4.69) is 4.90 Å². The van der Waals surface area contributed by atoms with Crippen LogP contribution in [-0.2, 0) is 0 Å². The first-order valence-electron chi connectivity index (χ1n) is 7.59. The maximum Gasteiger partial charge on any atom is 0.126 e. The first-order chi connectivity index (χ1) is 10.1. The maximum atomic E-state index is 13.2. The predicted molar refractivity (Wildman–Crippen MR) is 76.8 cm³/mol. The van der Waals surface area contributed by atoms with Crippen LogP contribution in [0.5, 0.6) is 0 Å². The van der Waals surface area contributed by atoms with Gasteiger partial charge >= 0.3 is 0 Å². The van der Waals surface area contributed by atoms with E-state index < -0.39 is 17.7 Å². The van der Waals surface area contributed by atoms with E-state index in [1.807, 2.05) is 0 Å². The van der Waals surface area contributed by atoms with Crippen LogP contribution < -0.4 is 0 Å². The molecule has 0 aliphatic heterocycles. The van der Waals surface area contributed by atoms with E-state index in [1.165, 1.54) is 18.6 Å². The fourth-order valence-corrected chi connectivity index (χ4v) is 2.72. The third-order valence-electron chi connectivity index (χ3n) is 4.15. The smallest absolute Gasteiger partial charge is 0.126 e. The summed E-state index contributed by atoms with van der Waals surface area (Å²) in [5, 5.41) is 19.1. The molecule has 1 aromatic rings. The predicted octanol–water partition coefficient (Wildman–Crippen LogP) is 2.63. The summed E-state index contributed by atoms with van der Waals surface area (Å²) < 4.78 is 26.3. The van der Waals surface area contributed by atoms with Crippen molar-refractivity contribution in [3.63, 3.8) is 0 Å². The SMILES string of the molecule is OCCCN(CCC(O)c1cc(F)cc(F)c1)C1CCC1. The second-order valence-corrected chi connectivity index (χ2v) is 5.71. The lowest BCUT2D eigenvalue weighted by molar-refractivity contribution is 0.0862. The second-order valence-electron chi connectivity index (χ2n) is 5.71. The molecule has 3 nitrogen and oxygen atoms in total. The quantitative estimate of drug-likeness (QED) is 0.775. The molecule has 1 atom stereocenters. The Labute approximate surface area is 124 Å². The normalized spacial score (nSPS) is 17.0. The molecular weight excluding hydrogens is 276 g/mol. The fourth-order valence-electron chi connectivity index (χ4n) is 2.72. The number of halogens is 2. The van der Waals surface area contributed by atoms with Crippen molar-refractivity contribution in [2.45, 2.75) is 44.2 Å². The lowest BCUT2D eigenvalue weighted by Gasteiger charge is -2.38. The van der Waals surface area contributed by atoms with Crippen molar-refractivity contribution in [1.29, 1.82) is 0 Å². The molecule has 21 heavy (non-hydrogen) atoms. The fraction of sp³-hybridized carbons (Fsp3) is 0.625. The molecule has 1 unspecified atom stereocenters. The second kappa shape index (κ2) is 7.82. The maximum absolute atomic E-state index is 13.2. The zero-order valence-electron chi connectivity index (χ0n) is 12.1. The van der Waals surface area contributed by atoms with Crippen molar-refractivity contribution in [1.82, 2.24) is 4.90 Å². The zero-order valence-corrected chi connectivity index (χ0v) is 12.1. The van der Waals surface area contributed by atoms with Gasteiger partial charge in [-0.1, -0.05) is 6.42 Å². The van der Waals surface area contributed by atoms with E-state index in [1.54, 1.807) is 0 Å². The van der Waals surface area contributed by atoms with Crippen molar-refractivity contribution in [2.75, 3.05) is 19.7 Å². The van der Waals surface area contributed by atoms with Crippen LogP contribution in [0.4, 0.5) is 8.78 Å². The molecule has 0 heterocycles. The molecular formula is C16H23F2NO2. The van der Waals surface area contributed by atoms with Crippen LogP contribution in [0.2, 0.25) is 0 Å². The van der Waals surface area contributed by atoms with Crippen molar-refractivity contribution in [3.05, 3.63) is 35.4 Å². The minimum absolute atomic E-state index is 0.154. The Morgan fingerprint density at radius 2 is 1.81 bits per heavy atom. The summed E-state index contributed by atoms with van der Waals surface area (Å²) in [6, 6.07) is 3.68. The molecule has 1 aromatic carbocycles. The molecule has 1 aliphatic rings. The first kappa shape index (κ1) is 16.3. The highest BCUT2D eigenvalue weighted by atomic mass is 19.1. The molecule has 1 saturated carbocycles. The molecule has 0 aromatic heterocycles. The Morgan fingerprint density at radius 3 is 2.33 bits per heavy atom. The highest BCUT2D eigenvalue weighted by Crippen LogP contribution is 2.27. The van der Waals surface area contributed by atoms with Gasteiger partial charge in [0.15, 0.2) is 0 Å². The summed E-state index contributed by atoms with van der Waals surface area (Å²) in [6.07, 6.45) is 3.79. The highest BCUT2D eigenvalue weighted by Gasteiger charge is 2.25. The molecule has 0 spiro atoms. The van der Waals surface area contributed by atoms with Crippen LogP contribution in [-0.4, -0.2) is 40.9 Å². The number of nitrogens with zero attached hydrogens (tertiary/aromatic N) is 1.